The van der Waals surface area contributed by atoms with Crippen LogP contribution >= 0.6 is 0 Å². The zero-order chi connectivity index (χ0) is 23.0. The molecule has 0 unspecified atom stereocenters. The van der Waals surface area contributed by atoms with E-state index in [0.717, 1.165) is 37.2 Å². The average molecular weight is 432 g/mol. The number of carbonyl (C=O) groups excluding carboxylic acids is 1. The SMILES string of the molecule is CCCN(CCC)c1ccc(/C(C)=C(\C#N)C(=O)N[C@H]2CO[C@H](CO)[C@@H](O)[C@@H]2O)cc1. The van der Waals surface area contributed by atoms with E-state index in [0.29, 0.717) is 5.57 Å². The highest BCUT2D eigenvalue weighted by Crippen LogP contribution is 2.23. The number of allylic oxidation sites excluding steroid dienone is 1. The number of benzene rings is 1. The van der Waals surface area contributed by atoms with Gasteiger partial charge < -0.3 is 30.3 Å². The Labute approximate surface area is 183 Å². The number of nitrogens with zero attached hydrogens (tertiary/aromatic N) is 2. The Hall–Kier alpha value is -2.44. The molecule has 0 radical (unpaired) electrons. The van der Waals surface area contributed by atoms with Crippen molar-refractivity contribution in [3.8, 4) is 6.07 Å². The summed E-state index contributed by atoms with van der Waals surface area (Å²) < 4.78 is 5.28. The van der Waals surface area contributed by atoms with Crippen LogP contribution in [0.3, 0.4) is 0 Å². The minimum Gasteiger partial charge on any atom is -0.394 e. The van der Waals surface area contributed by atoms with E-state index in [9.17, 15) is 20.3 Å². The number of ether oxygens (including phenoxy) is 1. The molecule has 1 aliphatic rings. The number of hydrogen-bond acceptors (Lipinski definition) is 7. The molecule has 4 atom stereocenters. The summed E-state index contributed by atoms with van der Waals surface area (Å²) in [5, 5.41) is 41.5. The van der Waals surface area contributed by atoms with Crippen LogP contribution in [0.1, 0.15) is 39.2 Å². The maximum absolute atomic E-state index is 12.7. The molecule has 0 saturated carbocycles. The van der Waals surface area contributed by atoms with Gasteiger partial charge in [0.25, 0.3) is 5.91 Å². The Bertz CT molecular complexity index is 796. The van der Waals surface area contributed by atoms with Crippen molar-refractivity contribution in [2.45, 2.75) is 58.0 Å². The molecule has 1 amide bonds. The minimum absolute atomic E-state index is 0.0716. The van der Waals surface area contributed by atoms with Gasteiger partial charge in [-0.15, -0.1) is 0 Å². The molecule has 2 rings (SSSR count). The molecule has 0 spiro atoms. The van der Waals surface area contributed by atoms with Crippen LogP contribution in [0.2, 0.25) is 0 Å². The lowest BCUT2D eigenvalue weighted by atomic mass is 9.97. The molecule has 1 fully saturated rings. The van der Waals surface area contributed by atoms with Crippen molar-refractivity contribution >= 4 is 17.2 Å². The Morgan fingerprint density at radius 2 is 1.81 bits per heavy atom. The molecule has 0 bridgehead atoms. The van der Waals surface area contributed by atoms with Crippen molar-refractivity contribution in [1.29, 1.82) is 5.26 Å². The third-order valence-electron chi connectivity index (χ3n) is 5.50. The highest BCUT2D eigenvalue weighted by molar-refractivity contribution is 6.04. The molecule has 1 saturated heterocycles. The third-order valence-corrected chi connectivity index (χ3v) is 5.50. The standard InChI is InChI=1S/C23H33N3O5/c1-4-10-26(11-5-2)17-8-6-16(7-9-17)15(3)18(12-24)23(30)25-19-14-31-20(13-27)22(29)21(19)28/h6-9,19-22,27-29H,4-5,10-11,13-14H2,1-3H3,(H,25,30)/b18-15+/t19-,20+,21+,22+/m0/s1. The molecular weight excluding hydrogens is 398 g/mol. The number of rotatable bonds is 9. The van der Waals surface area contributed by atoms with Gasteiger partial charge in [0, 0.05) is 18.8 Å². The second-order valence-electron chi connectivity index (χ2n) is 7.76. The first-order valence-electron chi connectivity index (χ1n) is 10.7. The number of anilines is 1. The van der Waals surface area contributed by atoms with Gasteiger partial charge in [-0.1, -0.05) is 26.0 Å². The molecule has 31 heavy (non-hydrogen) atoms. The van der Waals surface area contributed by atoms with Gasteiger partial charge in [0.15, 0.2) is 0 Å². The molecule has 170 valence electrons. The zero-order valence-electron chi connectivity index (χ0n) is 18.4. The Balaban J connectivity index is 2.17. The van der Waals surface area contributed by atoms with E-state index < -0.39 is 36.9 Å². The lowest BCUT2D eigenvalue weighted by molar-refractivity contribution is -0.163. The summed E-state index contributed by atoms with van der Waals surface area (Å²) in [5.74, 6) is -0.648. The fourth-order valence-electron chi connectivity index (χ4n) is 3.69. The fourth-order valence-corrected chi connectivity index (χ4v) is 3.69. The van der Waals surface area contributed by atoms with Crippen LogP contribution in [0.4, 0.5) is 5.69 Å². The molecule has 1 aliphatic heterocycles. The van der Waals surface area contributed by atoms with Gasteiger partial charge in [-0.25, -0.2) is 0 Å². The van der Waals surface area contributed by atoms with Crippen LogP contribution in [0, 0.1) is 11.3 Å². The molecule has 1 aromatic carbocycles. The van der Waals surface area contributed by atoms with Crippen LogP contribution in [0.25, 0.3) is 5.57 Å². The number of amides is 1. The normalized spacial score (nSPS) is 24.2. The van der Waals surface area contributed by atoms with E-state index in [4.69, 9.17) is 9.84 Å². The van der Waals surface area contributed by atoms with Crippen molar-refractivity contribution in [2.24, 2.45) is 0 Å². The molecule has 1 aromatic rings. The van der Waals surface area contributed by atoms with Crippen LogP contribution in [0.5, 0.6) is 0 Å². The predicted molar refractivity (Wildman–Crippen MR) is 118 cm³/mol. The Kier molecular flexibility index (Phi) is 9.46. The first-order valence-corrected chi connectivity index (χ1v) is 10.7. The van der Waals surface area contributed by atoms with Crippen molar-refractivity contribution in [3.63, 3.8) is 0 Å². The molecule has 0 aliphatic carbocycles. The van der Waals surface area contributed by atoms with Crippen molar-refractivity contribution in [1.82, 2.24) is 5.32 Å². The monoisotopic (exact) mass is 431 g/mol. The largest absolute Gasteiger partial charge is 0.394 e. The van der Waals surface area contributed by atoms with E-state index >= 15 is 0 Å². The summed E-state index contributed by atoms with van der Waals surface area (Å²) in [6.45, 7) is 7.38. The van der Waals surface area contributed by atoms with Crippen LogP contribution in [-0.2, 0) is 9.53 Å². The molecule has 0 aromatic heterocycles. The smallest absolute Gasteiger partial charge is 0.262 e. The number of aliphatic hydroxyl groups is 3. The van der Waals surface area contributed by atoms with E-state index in [-0.39, 0.29) is 12.2 Å². The Morgan fingerprint density at radius 1 is 1.19 bits per heavy atom. The molecule has 8 nitrogen and oxygen atoms in total. The average Bonchev–Trinajstić information content (AvgIpc) is 2.77. The van der Waals surface area contributed by atoms with Gasteiger partial charge in [0.05, 0.1) is 19.3 Å². The summed E-state index contributed by atoms with van der Waals surface area (Å²) in [7, 11) is 0. The summed E-state index contributed by atoms with van der Waals surface area (Å²) in [6, 6.07) is 8.81. The predicted octanol–water partition coefficient (Wildman–Crippen LogP) is 1.21. The molecule has 4 N–H and O–H groups in total. The summed E-state index contributed by atoms with van der Waals surface area (Å²) in [5.41, 5.74) is 2.30. The molecule has 1 heterocycles. The highest BCUT2D eigenvalue weighted by Gasteiger charge is 2.39. The van der Waals surface area contributed by atoms with Crippen molar-refractivity contribution < 1.29 is 24.9 Å². The first-order chi connectivity index (χ1) is 14.9. The lowest BCUT2D eigenvalue weighted by Crippen LogP contribution is -2.60. The topological polar surface area (TPSA) is 126 Å². The molecule has 8 heteroatoms. The number of nitrogens with one attached hydrogen (secondary N) is 1. The van der Waals surface area contributed by atoms with Gasteiger partial charge in [0.2, 0.25) is 0 Å². The lowest BCUT2D eigenvalue weighted by Gasteiger charge is -2.37. The van der Waals surface area contributed by atoms with Gasteiger partial charge in [-0.3, -0.25) is 4.79 Å². The van der Waals surface area contributed by atoms with E-state index in [1.54, 1.807) is 6.92 Å². The number of carbonyl (C=O) groups is 1. The summed E-state index contributed by atoms with van der Waals surface area (Å²) in [4.78, 5) is 15.0. The molecular formula is C23H33N3O5. The third kappa shape index (κ3) is 6.05. The quantitative estimate of drug-likeness (QED) is 0.342. The van der Waals surface area contributed by atoms with Gasteiger partial charge in [0.1, 0.15) is 30.0 Å². The fraction of sp³-hybridized carbons (Fsp3) is 0.565. The number of hydrogen-bond donors (Lipinski definition) is 4. The second-order valence-corrected chi connectivity index (χ2v) is 7.76. The van der Waals surface area contributed by atoms with E-state index in [1.807, 2.05) is 30.3 Å². The van der Waals surface area contributed by atoms with Crippen molar-refractivity contribution in [3.05, 3.63) is 35.4 Å². The van der Waals surface area contributed by atoms with Crippen LogP contribution < -0.4 is 10.2 Å². The minimum atomic E-state index is -1.33. The van der Waals surface area contributed by atoms with Gasteiger partial charge in [-0.05, 0) is 43.0 Å². The van der Waals surface area contributed by atoms with Crippen LogP contribution in [-0.4, -0.2) is 71.9 Å². The number of aliphatic hydroxyl groups excluding tert-OH is 3. The van der Waals surface area contributed by atoms with Gasteiger partial charge >= 0.3 is 0 Å². The first kappa shape index (κ1) is 24.8. The van der Waals surface area contributed by atoms with E-state index in [1.165, 1.54) is 0 Å². The van der Waals surface area contributed by atoms with Gasteiger partial charge in [-0.2, -0.15) is 5.26 Å². The summed E-state index contributed by atoms with van der Waals surface area (Å²) >= 11 is 0. The number of nitriles is 1. The summed E-state index contributed by atoms with van der Waals surface area (Å²) in [6.07, 6.45) is -1.46. The zero-order valence-corrected chi connectivity index (χ0v) is 18.4. The Morgan fingerprint density at radius 3 is 2.32 bits per heavy atom. The van der Waals surface area contributed by atoms with Crippen LogP contribution in [0.15, 0.2) is 29.8 Å². The second kappa shape index (κ2) is 11.8. The van der Waals surface area contributed by atoms with Crippen molar-refractivity contribution in [2.75, 3.05) is 31.2 Å². The maximum Gasteiger partial charge on any atom is 0.262 e. The highest BCUT2D eigenvalue weighted by atomic mass is 16.5. The van der Waals surface area contributed by atoms with E-state index in [2.05, 4.69) is 24.1 Å². The maximum atomic E-state index is 12.7.